The van der Waals surface area contributed by atoms with E-state index in [0.717, 1.165) is 23.3 Å². The first-order valence-electron chi connectivity index (χ1n) is 6.17. The van der Waals surface area contributed by atoms with Crippen molar-refractivity contribution in [1.82, 2.24) is 19.5 Å². The second-order valence-corrected chi connectivity index (χ2v) is 4.50. The Hall–Kier alpha value is -2.37. The number of nitrogens with one attached hydrogen (secondary N) is 1. The Morgan fingerprint density at radius 3 is 3.16 bits per heavy atom. The van der Waals surface area contributed by atoms with E-state index in [-0.39, 0.29) is 5.91 Å². The average Bonchev–Trinajstić information content (AvgIpc) is 2.83. The zero-order chi connectivity index (χ0) is 13.4. The topological polar surface area (TPSA) is 62.5 Å². The number of fused-ring (bicyclic) bond motifs is 3. The van der Waals surface area contributed by atoms with E-state index in [1.54, 1.807) is 4.90 Å². The van der Waals surface area contributed by atoms with E-state index < -0.39 is 0 Å². The summed E-state index contributed by atoms with van der Waals surface area (Å²) in [6.07, 6.45) is 5.67. The smallest absolute Gasteiger partial charge is 0.246 e. The standard InChI is InChI=1S/C13H15N5O/c1-3-11(19)17-5-4-10-9(6-17)7-18-12(10)13(14-2)15-8-16-18/h3,7-8H,1,4-6H2,2H3,(H,14,15,16). The van der Waals surface area contributed by atoms with Crippen LogP contribution >= 0.6 is 0 Å². The summed E-state index contributed by atoms with van der Waals surface area (Å²) < 4.78 is 1.82. The van der Waals surface area contributed by atoms with Gasteiger partial charge >= 0.3 is 0 Å². The van der Waals surface area contributed by atoms with Gasteiger partial charge in [-0.2, -0.15) is 5.10 Å². The lowest BCUT2D eigenvalue weighted by Crippen LogP contribution is -2.34. The van der Waals surface area contributed by atoms with E-state index in [2.05, 4.69) is 22.0 Å². The predicted molar refractivity (Wildman–Crippen MR) is 71.9 cm³/mol. The SMILES string of the molecule is C=CC(=O)N1CCc2c(cn3ncnc(NC)c23)C1. The largest absolute Gasteiger partial charge is 0.371 e. The lowest BCUT2D eigenvalue weighted by Gasteiger charge is -2.26. The maximum Gasteiger partial charge on any atom is 0.246 e. The van der Waals surface area contributed by atoms with Crippen LogP contribution in [0.25, 0.3) is 5.52 Å². The highest BCUT2D eigenvalue weighted by atomic mass is 16.2. The summed E-state index contributed by atoms with van der Waals surface area (Å²) in [5, 5.41) is 7.31. The molecule has 0 bridgehead atoms. The number of carbonyl (C=O) groups is 1. The summed E-state index contributed by atoms with van der Waals surface area (Å²) in [6, 6.07) is 0. The molecular weight excluding hydrogens is 242 g/mol. The molecule has 0 saturated carbocycles. The van der Waals surface area contributed by atoms with Crippen molar-refractivity contribution in [3.05, 3.63) is 36.3 Å². The minimum atomic E-state index is -0.0270. The zero-order valence-corrected chi connectivity index (χ0v) is 10.8. The number of hydrogen-bond acceptors (Lipinski definition) is 4. The van der Waals surface area contributed by atoms with Gasteiger partial charge in [0.15, 0.2) is 5.82 Å². The van der Waals surface area contributed by atoms with Crippen LogP contribution in [0.5, 0.6) is 0 Å². The van der Waals surface area contributed by atoms with Gasteiger partial charge in [0.1, 0.15) is 11.8 Å². The molecule has 0 spiro atoms. The summed E-state index contributed by atoms with van der Waals surface area (Å²) in [4.78, 5) is 17.7. The third kappa shape index (κ3) is 1.76. The number of amides is 1. The van der Waals surface area contributed by atoms with Gasteiger partial charge in [0.05, 0.1) is 0 Å². The van der Waals surface area contributed by atoms with Crippen molar-refractivity contribution >= 4 is 17.2 Å². The van der Waals surface area contributed by atoms with Crippen LogP contribution in [0.3, 0.4) is 0 Å². The minimum Gasteiger partial charge on any atom is -0.371 e. The van der Waals surface area contributed by atoms with Crippen LogP contribution in [-0.2, 0) is 17.8 Å². The zero-order valence-electron chi connectivity index (χ0n) is 10.8. The molecule has 0 aliphatic carbocycles. The van der Waals surface area contributed by atoms with Gasteiger partial charge in [0.2, 0.25) is 5.91 Å². The number of nitrogens with zero attached hydrogens (tertiary/aromatic N) is 4. The Morgan fingerprint density at radius 1 is 1.58 bits per heavy atom. The van der Waals surface area contributed by atoms with Gasteiger partial charge in [0, 0.05) is 26.3 Å². The molecule has 1 aliphatic rings. The molecule has 0 atom stereocenters. The van der Waals surface area contributed by atoms with Crippen LogP contribution in [0.15, 0.2) is 25.2 Å². The van der Waals surface area contributed by atoms with Crippen LogP contribution in [0.2, 0.25) is 0 Å². The molecule has 6 nitrogen and oxygen atoms in total. The summed E-state index contributed by atoms with van der Waals surface area (Å²) in [6.45, 7) is 4.84. The molecule has 1 amide bonds. The molecular formula is C13H15N5O. The molecule has 3 heterocycles. The van der Waals surface area contributed by atoms with Gasteiger partial charge in [-0.05, 0) is 23.6 Å². The third-order valence-corrected chi connectivity index (χ3v) is 3.48. The molecule has 2 aromatic heterocycles. The van der Waals surface area contributed by atoms with Crippen LogP contribution in [0, 0.1) is 0 Å². The van der Waals surface area contributed by atoms with Gasteiger partial charge in [-0.1, -0.05) is 6.58 Å². The Balaban J connectivity index is 2.08. The Labute approximate surface area is 110 Å². The molecule has 0 saturated heterocycles. The van der Waals surface area contributed by atoms with Gasteiger partial charge in [-0.15, -0.1) is 0 Å². The summed E-state index contributed by atoms with van der Waals surface area (Å²) in [5.41, 5.74) is 3.35. The highest BCUT2D eigenvalue weighted by Gasteiger charge is 2.24. The van der Waals surface area contributed by atoms with Crippen molar-refractivity contribution in [2.45, 2.75) is 13.0 Å². The third-order valence-electron chi connectivity index (χ3n) is 3.48. The number of aromatic nitrogens is 3. The van der Waals surface area contributed by atoms with Crippen molar-refractivity contribution in [2.24, 2.45) is 0 Å². The second kappa shape index (κ2) is 4.38. The van der Waals surface area contributed by atoms with Crippen LogP contribution in [0.4, 0.5) is 5.82 Å². The maximum atomic E-state index is 11.7. The fraction of sp³-hybridized carbons (Fsp3) is 0.308. The van der Waals surface area contributed by atoms with Crippen LogP contribution in [-0.4, -0.2) is 39.0 Å². The van der Waals surface area contributed by atoms with E-state index >= 15 is 0 Å². The molecule has 1 aliphatic heterocycles. The average molecular weight is 257 g/mol. The molecule has 3 rings (SSSR count). The molecule has 0 fully saturated rings. The monoisotopic (exact) mass is 257 g/mol. The summed E-state index contributed by atoms with van der Waals surface area (Å²) in [7, 11) is 1.85. The van der Waals surface area contributed by atoms with Crippen molar-refractivity contribution in [3.8, 4) is 0 Å². The molecule has 6 heteroatoms. The van der Waals surface area contributed by atoms with E-state index in [0.29, 0.717) is 13.1 Å². The Morgan fingerprint density at radius 2 is 2.42 bits per heavy atom. The fourth-order valence-corrected chi connectivity index (χ4v) is 2.57. The molecule has 0 unspecified atom stereocenters. The Kier molecular flexibility index (Phi) is 2.70. The van der Waals surface area contributed by atoms with Crippen molar-refractivity contribution in [1.29, 1.82) is 0 Å². The van der Waals surface area contributed by atoms with E-state index in [4.69, 9.17) is 0 Å². The maximum absolute atomic E-state index is 11.7. The molecule has 98 valence electrons. The first kappa shape index (κ1) is 11.7. The minimum absolute atomic E-state index is 0.0270. The summed E-state index contributed by atoms with van der Waals surface area (Å²) in [5.74, 6) is 0.792. The Bertz CT molecular complexity index is 660. The number of rotatable bonds is 2. The highest BCUT2D eigenvalue weighted by Crippen LogP contribution is 2.28. The van der Waals surface area contributed by atoms with Crippen molar-refractivity contribution < 1.29 is 4.79 Å². The lowest BCUT2D eigenvalue weighted by molar-refractivity contribution is -0.126. The molecule has 2 aromatic rings. The summed E-state index contributed by atoms with van der Waals surface area (Å²) >= 11 is 0. The van der Waals surface area contributed by atoms with Crippen molar-refractivity contribution in [3.63, 3.8) is 0 Å². The first-order valence-corrected chi connectivity index (χ1v) is 6.17. The number of anilines is 1. The quantitative estimate of drug-likeness (QED) is 0.810. The van der Waals surface area contributed by atoms with Crippen molar-refractivity contribution in [2.75, 3.05) is 18.9 Å². The molecule has 0 aromatic carbocycles. The van der Waals surface area contributed by atoms with Crippen LogP contribution in [0.1, 0.15) is 11.1 Å². The lowest BCUT2D eigenvalue weighted by atomic mass is 10.0. The van der Waals surface area contributed by atoms with Gasteiger partial charge < -0.3 is 10.2 Å². The number of hydrogen-bond donors (Lipinski definition) is 1. The fourth-order valence-electron chi connectivity index (χ4n) is 2.57. The molecule has 1 N–H and O–H groups in total. The number of carbonyl (C=O) groups excluding carboxylic acids is 1. The van der Waals surface area contributed by atoms with Gasteiger partial charge in [-0.3, -0.25) is 4.79 Å². The van der Waals surface area contributed by atoms with E-state index in [1.807, 2.05) is 17.8 Å². The predicted octanol–water partition coefficient (Wildman–Crippen LogP) is 0.842. The van der Waals surface area contributed by atoms with Gasteiger partial charge in [-0.25, -0.2) is 9.50 Å². The normalized spacial score (nSPS) is 14.3. The van der Waals surface area contributed by atoms with E-state index in [1.165, 1.54) is 18.0 Å². The molecule has 19 heavy (non-hydrogen) atoms. The molecule has 0 radical (unpaired) electrons. The highest BCUT2D eigenvalue weighted by molar-refractivity contribution is 5.87. The van der Waals surface area contributed by atoms with E-state index in [9.17, 15) is 4.79 Å². The second-order valence-electron chi connectivity index (χ2n) is 4.50. The first-order chi connectivity index (χ1) is 9.24. The van der Waals surface area contributed by atoms with Gasteiger partial charge in [0.25, 0.3) is 0 Å². The van der Waals surface area contributed by atoms with Crippen LogP contribution < -0.4 is 5.32 Å².